The summed E-state index contributed by atoms with van der Waals surface area (Å²) in [5.41, 5.74) is 0. The second-order valence-corrected chi connectivity index (χ2v) is 7.05. The molecule has 2 aliphatic rings. The van der Waals surface area contributed by atoms with Crippen LogP contribution >= 0.6 is 0 Å². The second kappa shape index (κ2) is 9.08. The van der Waals surface area contributed by atoms with Crippen molar-refractivity contribution in [2.24, 2.45) is 0 Å². The van der Waals surface area contributed by atoms with Gasteiger partial charge >= 0.3 is 0 Å². The van der Waals surface area contributed by atoms with Crippen LogP contribution < -0.4 is 14.8 Å². The summed E-state index contributed by atoms with van der Waals surface area (Å²) in [7, 11) is 0. The van der Waals surface area contributed by atoms with E-state index in [1.54, 1.807) is 4.90 Å². The Hall–Kier alpha value is -2.28. The van der Waals surface area contributed by atoms with Gasteiger partial charge in [-0.05, 0) is 25.0 Å². The fraction of sp³-hybridized carbons (Fsp3) is 0.600. The molecule has 0 spiro atoms. The van der Waals surface area contributed by atoms with Gasteiger partial charge in [0, 0.05) is 32.2 Å². The number of ether oxygens (including phenoxy) is 2. The van der Waals surface area contributed by atoms with Crippen LogP contribution in [0.25, 0.3) is 0 Å². The molecule has 0 bridgehead atoms. The van der Waals surface area contributed by atoms with E-state index >= 15 is 0 Å². The van der Waals surface area contributed by atoms with E-state index in [-0.39, 0.29) is 24.5 Å². The third kappa shape index (κ3) is 4.91. The number of fused-ring (bicyclic) bond motifs is 1. The van der Waals surface area contributed by atoms with Crippen LogP contribution in [0.5, 0.6) is 11.5 Å². The number of amides is 2. The van der Waals surface area contributed by atoms with Crippen molar-refractivity contribution in [1.29, 1.82) is 0 Å². The van der Waals surface area contributed by atoms with Crippen molar-refractivity contribution >= 4 is 11.8 Å². The molecule has 2 amide bonds. The first-order valence-corrected chi connectivity index (χ1v) is 9.79. The second-order valence-electron chi connectivity index (χ2n) is 7.05. The topological polar surface area (TPSA) is 71.1 Å². The number of benzene rings is 1. The van der Waals surface area contributed by atoms with Crippen molar-refractivity contribution in [2.75, 3.05) is 39.3 Å². The number of rotatable bonds is 6. The largest absolute Gasteiger partial charge is 0.485 e. The van der Waals surface area contributed by atoms with E-state index in [0.29, 0.717) is 44.2 Å². The van der Waals surface area contributed by atoms with Crippen molar-refractivity contribution in [2.45, 2.75) is 38.8 Å². The standard InChI is InChI=1S/C20H29N3O4/c1-3-15(4-2)21-19(24)13-22-9-11-23(12-10-22)20(25)18-14-26-16-7-5-6-8-17(16)27-18/h5-8,15,18H,3-4,9-14H2,1-2H3,(H,21,24). The van der Waals surface area contributed by atoms with Crippen LogP contribution in [0.15, 0.2) is 24.3 Å². The van der Waals surface area contributed by atoms with Crippen molar-refractivity contribution in [1.82, 2.24) is 15.1 Å². The summed E-state index contributed by atoms with van der Waals surface area (Å²) < 4.78 is 11.5. The van der Waals surface area contributed by atoms with Crippen molar-refractivity contribution in [3.8, 4) is 11.5 Å². The maximum atomic E-state index is 12.7. The number of para-hydroxylation sites is 2. The first-order valence-electron chi connectivity index (χ1n) is 9.79. The molecule has 7 heteroatoms. The van der Waals surface area contributed by atoms with Gasteiger partial charge in [0.25, 0.3) is 5.91 Å². The molecule has 0 radical (unpaired) electrons. The monoisotopic (exact) mass is 375 g/mol. The highest BCUT2D eigenvalue weighted by Gasteiger charge is 2.32. The molecule has 0 aromatic heterocycles. The van der Waals surface area contributed by atoms with Crippen LogP contribution in [0.1, 0.15) is 26.7 Å². The lowest BCUT2D eigenvalue weighted by atomic mass is 10.2. The van der Waals surface area contributed by atoms with Crippen LogP contribution in [0.3, 0.4) is 0 Å². The molecule has 0 aliphatic carbocycles. The zero-order chi connectivity index (χ0) is 19.2. The van der Waals surface area contributed by atoms with Crippen LogP contribution in [-0.2, 0) is 9.59 Å². The predicted octanol–water partition coefficient (Wildman–Crippen LogP) is 1.28. The maximum Gasteiger partial charge on any atom is 0.267 e. The van der Waals surface area contributed by atoms with E-state index in [1.165, 1.54) is 0 Å². The molecule has 7 nitrogen and oxygen atoms in total. The number of carbonyl (C=O) groups excluding carboxylic acids is 2. The van der Waals surface area contributed by atoms with Gasteiger partial charge in [-0.2, -0.15) is 0 Å². The van der Waals surface area contributed by atoms with Gasteiger partial charge in [0.2, 0.25) is 12.0 Å². The molecule has 1 saturated heterocycles. The SMILES string of the molecule is CCC(CC)NC(=O)CN1CCN(C(=O)C2COc3ccccc3O2)CC1. The Bertz CT molecular complexity index is 654. The molecule has 2 heterocycles. The van der Waals surface area contributed by atoms with E-state index in [2.05, 4.69) is 24.1 Å². The lowest BCUT2D eigenvalue weighted by Crippen LogP contribution is -2.55. The Kier molecular flexibility index (Phi) is 6.55. The minimum absolute atomic E-state index is 0.0503. The fourth-order valence-electron chi connectivity index (χ4n) is 3.44. The molecular weight excluding hydrogens is 346 g/mol. The summed E-state index contributed by atoms with van der Waals surface area (Å²) in [6.07, 6.45) is 1.28. The number of piperazine rings is 1. The van der Waals surface area contributed by atoms with E-state index < -0.39 is 6.10 Å². The van der Waals surface area contributed by atoms with E-state index in [1.807, 2.05) is 24.3 Å². The van der Waals surface area contributed by atoms with Crippen LogP contribution in [0.2, 0.25) is 0 Å². The molecular formula is C20H29N3O4. The van der Waals surface area contributed by atoms with Gasteiger partial charge in [-0.3, -0.25) is 14.5 Å². The Balaban J connectivity index is 1.45. The number of nitrogens with one attached hydrogen (secondary N) is 1. The van der Waals surface area contributed by atoms with E-state index in [9.17, 15) is 9.59 Å². The first kappa shape index (κ1) is 19.5. The molecule has 1 aromatic carbocycles. The smallest absolute Gasteiger partial charge is 0.267 e. The molecule has 1 unspecified atom stereocenters. The summed E-state index contributed by atoms with van der Waals surface area (Å²) in [5.74, 6) is 1.29. The quantitative estimate of drug-likeness (QED) is 0.811. The average Bonchev–Trinajstić information content (AvgIpc) is 2.71. The molecule has 3 rings (SSSR count). The zero-order valence-electron chi connectivity index (χ0n) is 16.1. The molecule has 0 saturated carbocycles. The lowest BCUT2D eigenvalue weighted by Gasteiger charge is -2.37. The van der Waals surface area contributed by atoms with Crippen molar-refractivity contribution in [3.05, 3.63) is 24.3 Å². The maximum absolute atomic E-state index is 12.7. The highest BCUT2D eigenvalue weighted by Crippen LogP contribution is 2.31. The number of nitrogens with zero attached hydrogens (tertiary/aromatic N) is 2. The predicted molar refractivity (Wildman–Crippen MR) is 102 cm³/mol. The minimum Gasteiger partial charge on any atom is -0.485 e. The van der Waals surface area contributed by atoms with Gasteiger partial charge in [0.1, 0.15) is 6.61 Å². The van der Waals surface area contributed by atoms with Crippen LogP contribution in [0.4, 0.5) is 0 Å². The molecule has 1 N–H and O–H groups in total. The van der Waals surface area contributed by atoms with Gasteiger partial charge in [-0.1, -0.05) is 26.0 Å². The van der Waals surface area contributed by atoms with Gasteiger partial charge in [-0.25, -0.2) is 0 Å². The van der Waals surface area contributed by atoms with Gasteiger partial charge in [0.05, 0.1) is 6.54 Å². The highest BCUT2D eigenvalue weighted by molar-refractivity contribution is 5.82. The summed E-state index contributed by atoms with van der Waals surface area (Å²) >= 11 is 0. The molecule has 1 aromatic rings. The minimum atomic E-state index is -0.607. The molecule has 27 heavy (non-hydrogen) atoms. The molecule has 1 atom stereocenters. The number of carbonyl (C=O) groups is 2. The van der Waals surface area contributed by atoms with Gasteiger partial charge < -0.3 is 19.7 Å². The summed E-state index contributed by atoms with van der Waals surface area (Å²) in [4.78, 5) is 28.8. The van der Waals surface area contributed by atoms with Gasteiger partial charge in [0.15, 0.2) is 11.5 Å². The van der Waals surface area contributed by atoms with E-state index in [0.717, 1.165) is 12.8 Å². The van der Waals surface area contributed by atoms with Crippen LogP contribution in [0, 0.1) is 0 Å². The third-order valence-electron chi connectivity index (χ3n) is 5.19. The average molecular weight is 375 g/mol. The molecule has 1 fully saturated rings. The van der Waals surface area contributed by atoms with E-state index in [4.69, 9.17) is 9.47 Å². The third-order valence-corrected chi connectivity index (χ3v) is 5.19. The Morgan fingerprint density at radius 3 is 2.44 bits per heavy atom. The Labute approximate surface area is 160 Å². The fourth-order valence-corrected chi connectivity index (χ4v) is 3.44. The zero-order valence-corrected chi connectivity index (χ0v) is 16.1. The number of hydrogen-bond donors (Lipinski definition) is 1. The lowest BCUT2D eigenvalue weighted by molar-refractivity contribution is -0.143. The van der Waals surface area contributed by atoms with Crippen LogP contribution in [-0.4, -0.2) is 73.1 Å². The molecule has 2 aliphatic heterocycles. The Morgan fingerprint density at radius 2 is 1.78 bits per heavy atom. The molecule has 148 valence electrons. The van der Waals surface area contributed by atoms with Crippen molar-refractivity contribution in [3.63, 3.8) is 0 Å². The summed E-state index contributed by atoms with van der Waals surface area (Å²) in [6, 6.07) is 7.63. The summed E-state index contributed by atoms with van der Waals surface area (Å²) in [5, 5.41) is 3.06. The number of hydrogen-bond acceptors (Lipinski definition) is 5. The highest BCUT2D eigenvalue weighted by atomic mass is 16.6. The van der Waals surface area contributed by atoms with Gasteiger partial charge in [-0.15, -0.1) is 0 Å². The van der Waals surface area contributed by atoms with Crippen molar-refractivity contribution < 1.29 is 19.1 Å². The normalized spacial score (nSPS) is 19.8. The first-order chi connectivity index (χ1) is 13.1. The Morgan fingerprint density at radius 1 is 1.11 bits per heavy atom. The summed E-state index contributed by atoms with van der Waals surface area (Å²) in [6.45, 7) is 7.33.